The number of fused-ring (bicyclic) bond motifs is 3. The van der Waals surface area contributed by atoms with E-state index in [4.69, 9.17) is 0 Å². The molecule has 0 radical (unpaired) electrons. The van der Waals surface area contributed by atoms with E-state index in [-0.39, 0.29) is 11.1 Å². The Bertz CT molecular complexity index is 1770. The average molecular weight is 488 g/mol. The third kappa shape index (κ3) is 3.33. The zero-order chi connectivity index (χ0) is 25.1. The summed E-state index contributed by atoms with van der Waals surface area (Å²) in [5.41, 5.74) is 1.26. The Hall–Kier alpha value is -4.32. The van der Waals surface area contributed by atoms with Gasteiger partial charge in [-0.3, -0.25) is 0 Å². The van der Waals surface area contributed by atoms with E-state index < -0.39 is 34.9 Å². The zero-order valence-electron chi connectivity index (χ0n) is 18.4. The highest BCUT2D eigenvalue weighted by atomic mass is 19.2. The van der Waals surface area contributed by atoms with Gasteiger partial charge in [0.25, 0.3) is 0 Å². The van der Waals surface area contributed by atoms with Crippen molar-refractivity contribution >= 4 is 32.3 Å². The molecule has 0 heterocycles. The summed E-state index contributed by atoms with van der Waals surface area (Å²) in [6.45, 7) is 0. The number of hydrogen-bond acceptors (Lipinski definition) is 0. The predicted octanol–water partition coefficient (Wildman–Crippen LogP) is 9.31. The van der Waals surface area contributed by atoms with Crippen molar-refractivity contribution in [3.63, 3.8) is 0 Å². The second-order valence-electron chi connectivity index (χ2n) is 8.52. The molecule has 176 valence electrons. The summed E-state index contributed by atoms with van der Waals surface area (Å²) in [7, 11) is 0. The van der Waals surface area contributed by atoms with Gasteiger partial charge in [0.15, 0.2) is 17.5 Å². The lowest BCUT2D eigenvalue weighted by Gasteiger charge is -2.19. The summed E-state index contributed by atoms with van der Waals surface area (Å²) in [6.07, 6.45) is 0. The highest BCUT2D eigenvalue weighted by Gasteiger charge is 2.21. The van der Waals surface area contributed by atoms with Gasteiger partial charge in [0.05, 0.1) is 0 Å². The van der Waals surface area contributed by atoms with Crippen LogP contribution in [0, 0.1) is 34.9 Å². The quantitative estimate of drug-likeness (QED) is 0.129. The molecular formula is C30H14F6. The molecule has 0 saturated heterocycles. The van der Waals surface area contributed by atoms with Crippen LogP contribution in [0.5, 0.6) is 0 Å². The molecule has 0 fully saturated rings. The fourth-order valence-corrected chi connectivity index (χ4v) is 4.96. The molecule has 0 saturated carbocycles. The SMILES string of the molecule is Fc1ccc2c(-c3cc(F)c(F)c(F)c3)c3ccc(F)cc3c(-c3cccc4c(F)cccc34)c2c1. The second kappa shape index (κ2) is 8.12. The van der Waals surface area contributed by atoms with Crippen LogP contribution in [0.3, 0.4) is 0 Å². The van der Waals surface area contributed by atoms with Gasteiger partial charge in [0.1, 0.15) is 17.5 Å². The van der Waals surface area contributed by atoms with Crippen LogP contribution in [0.4, 0.5) is 26.3 Å². The summed E-state index contributed by atoms with van der Waals surface area (Å²) >= 11 is 0. The maximum absolute atomic E-state index is 14.6. The molecule has 0 amide bonds. The van der Waals surface area contributed by atoms with Crippen LogP contribution >= 0.6 is 0 Å². The van der Waals surface area contributed by atoms with Gasteiger partial charge in [-0.05, 0) is 91.6 Å². The van der Waals surface area contributed by atoms with Crippen LogP contribution in [-0.4, -0.2) is 0 Å². The topological polar surface area (TPSA) is 0 Å². The van der Waals surface area contributed by atoms with E-state index in [0.717, 1.165) is 12.1 Å². The second-order valence-corrected chi connectivity index (χ2v) is 8.52. The molecule has 0 aliphatic heterocycles. The van der Waals surface area contributed by atoms with Crippen molar-refractivity contribution in [1.82, 2.24) is 0 Å². The highest BCUT2D eigenvalue weighted by molar-refractivity contribution is 6.23. The molecule has 6 rings (SSSR count). The van der Waals surface area contributed by atoms with Gasteiger partial charge < -0.3 is 0 Å². The third-order valence-corrected chi connectivity index (χ3v) is 6.45. The maximum atomic E-state index is 14.6. The van der Waals surface area contributed by atoms with Crippen LogP contribution in [0.2, 0.25) is 0 Å². The molecule has 0 N–H and O–H groups in total. The first-order valence-electron chi connectivity index (χ1n) is 11.0. The Balaban J connectivity index is 1.86. The number of rotatable bonds is 2. The van der Waals surface area contributed by atoms with Gasteiger partial charge in [0.2, 0.25) is 0 Å². The van der Waals surface area contributed by atoms with Crippen LogP contribution in [0.25, 0.3) is 54.6 Å². The summed E-state index contributed by atoms with van der Waals surface area (Å²) in [5.74, 6) is -6.01. The Labute approximate surface area is 201 Å². The molecule has 0 atom stereocenters. The normalized spacial score (nSPS) is 11.6. The summed E-state index contributed by atoms with van der Waals surface area (Å²) in [4.78, 5) is 0. The minimum atomic E-state index is -1.61. The van der Waals surface area contributed by atoms with Crippen molar-refractivity contribution in [2.45, 2.75) is 0 Å². The van der Waals surface area contributed by atoms with E-state index in [1.165, 1.54) is 42.5 Å². The van der Waals surface area contributed by atoms with Gasteiger partial charge >= 0.3 is 0 Å². The number of benzene rings is 6. The molecule has 0 aromatic heterocycles. The number of halogens is 6. The van der Waals surface area contributed by atoms with Crippen LogP contribution in [0.1, 0.15) is 0 Å². The highest BCUT2D eigenvalue weighted by Crippen LogP contribution is 2.46. The van der Waals surface area contributed by atoms with E-state index in [0.29, 0.717) is 43.4 Å². The molecule has 0 aliphatic rings. The van der Waals surface area contributed by atoms with Crippen LogP contribution in [0.15, 0.2) is 84.9 Å². The van der Waals surface area contributed by atoms with Gasteiger partial charge in [-0.25, -0.2) is 26.3 Å². The maximum Gasteiger partial charge on any atom is 0.194 e. The van der Waals surface area contributed by atoms with Gasteiger partial charge in [-0.1, -0.05) is 42.5 Å². The summed E-state index contributed by atoms with van der Waals surface area (Å²) in [5, 5.41) is 2.32. The lowest BCUT2D eigenvalue weighted by molar-refractivity contribution is 0.448. The lowest BCUT2D eigenvalue weighted by atomic mass is 9.84. The molecule has 0 bridgehead atoms. The van der Waals surface area contributed by atoms with Crippen molar-refractivity contribution in [2.75, 3.05) is 0 Å². The molecule has 6 heteroatoms. The van der Waals surface area contributed by atoms with E-state index in [2.05, 4.69) is 0 Å². The summed E-state index contributed by atoms with van der Waals surface area (Å²) < 4.78 is 86.0. The van der Waals surface area contributed by atoms with E-state index in [1.54, 1.807) is 30.3 Å². The van der Waals surface area contributed by atoms with E-state index in [9.17, 15) is 26.3 Å². The number of hydrogen-bond donors (Lipinski definition) is 0. The minimum Gasteiger partial charge on any atom is -0.207 e. The fraction of sp³-hybridized carbons (Fsp3) is 0. The molecule has 0 unspecified atom stereocenters. The van der Waals surface area contributed by atoms with Crippen LogP contribution in [-0.2, 0) is 0 Å². The predicted molar refractivity (Wildman–Crippen MR) is 130 cm³/mol. The van der Waals surface area contributed by atoms with Gasteiger partial charge in [0, 0.05) is 5.39 Å². The average Bonchev–Trinajstić information content (AvgIpc) is 2.85. The first-order chi connectivity index (χ1) is 17.3. The zero-order valence-corrected chi connectivity index (χ0v) is 18.4. The Morgan fingerprint density at radius 3 is 1.56 bits per heavy atom. The molecule has 36 heavy (non-hydrogen) atoms. The van der Waals surface area contributed by atoms with Crippen molar-refractivity contribution in [2.24, 2.45) is 0 Å². The van der Waals surface area contributed by atoms with Crippen molar-refractivity contribution < 1.29 is 26.3 Å². The Kier molecular flexibility index (Phi) is 5.00. The monoisotopic (exact) mass is 488 g/mol. The summed E-state index contributed by atoms with van der Waals surface area (Å²) in [6, 6.07) is 19.1. The van der Waals surface area contributed by atoms with Crippen LogP contribution < -0.4 is 0 Å². The standard InChI is InChI=1S/C30H14F6/c31-16-7-9-21-23(13-16)29(20-5-1-4-19-18(20)3-2-6-25(19)33)24-14-17(32)8-10-22(24)28(21)15-11-26(34)30(36)27(35)12-15/h1-14H. The molecule has 0 aliphatic carbocycles. The molecule has 6 aromatic rings. The van der Waals surface area contributed by atoms with Gasteiger partial charge in [-0.2, -0.15) is 0 Å². The Morgan fingerprint density at radius 2 is 0.944 bits per heavy atom. The molecule has 0 spiro atoms. The lowest BCUT2D eigenvalue weighted by Crippen LogP contribution is -1.96. The van der Waals surface area contributed by atoms with Crippen molar-refractivity contribution in [3.05, 3.63) is 120 Å². The smallest absolute Gasteiger partial charge is 0.194 e. The van der Waals surface area contributed by atoms with Gasteiger partial charge in [-0.15, -0.1) is 0 Å². The molecule has 0 nitrogen and oxygen atoms in total. The van der Waals surface area contributed by atoms with E-state index in [1.807, 2.05) is 0 Å². The third-order valence-electron chi connectivity index (χ3n) is 6.45. The van der Waals surface area contributed by atoms with E-state index >= 15 is 0 Å². The van der Waals surface area contributed by atoms with Crippen molar-refractivity contribution in [3.8, 4) is 22.3 Å². The largest absolute Gasteiger partial charge is 0.207 e. The molecular weight excluding hydrogens is 474 g/mol. The Morgan fingerprint density at radius 1 is 0.389 bits per heavy atom. The minimum absolute atomic E-state index is 0.00938. The first kappa shape index (κ1) is 22.2. The molecule has 6 aromatic carbocycles. The van der Waals surface area contributed by atoms with Crippen molar-refractivity contribution in [1.29, 1.82) is 0 Å². The first-order valence-corrected chi connectivity index (χ1v) is 11.0. The fourth-order valence-electron chi connectivity index (χ4n) is 4.96.